The molecule has 4 heteroatoms. The van der Waals surface area contributed by atoms with Crippen molar-refractivity contribution >= 4 is 0 Å². The minimum atomic E-state index is 0.181. The molecular weight excluding hydrogens is 254 g/mol. The van der Waals surface area contributed by atoms with Crippen LogP contribution in [0.3, 0.4) is 0 Å². The maximum absolute atomic E-state index is 5.70. The Morgan fingerprint density at radius 1 is 1.15 bits per heavy atom. The molecule has 0 radical (unpaired) electrons. The summed E-state index contributed by atoms with van der Waals surface area (Å²) in [6.45, 7) is 4.28. The molecular formula is C16H19NO3. The Kier molecular flexibility index (Phi) is 3.92. The predicted molar refractivity (Wildman–Crippen MR) is 76.0 cm³/mol. The van der Waals surface area contributed by atoms with Gasteiger partial charge in [-0.05, 0) is 36.8 Å². The van der Waals surface area contributed by atoms with Gasteiger partial charge in [0.1, 0.15) is 5.76 Å². The zero-order chi connectivity index (χ0) is 13.8. The van der Waals surface area contributed by atoms with Crippen molar-refractivity contribution in [3.63, 3.8) is 0 Å². The monoisotopic (exact) mass is 273 g/mol. The van der Waals surface area contributed by atoms with Gasteiger partial charge in [-0.3, -0.25) is 0 Å². The molecule has 1 aliphatic rings. The molecule has 0 spiro atoms. The number of hydrogen-bond donors (Lipinski definition) is 1. The second kappa shape index (κ2) is 6.01. The van der Waals surface area contributed by atoms with Crippen molar-refractivity contribution in [1.29, 1.82) is 0 Å². The first kappa shape index (κ1) is 13.1. The van der Waals surface area contributed by atoms with Gasteiger partial charge in [0.2, 0.25) is 0 Å². The lowest BCUT2D eigenvalue weighted by Gasteiger charge is -2.13. The van der Waals surface area contributed by atoms with Crippen molar-refractivity contribution in [2.45, 2.75) is 25.9 Å². The zero-order valence-corrected chi connectivity index (χ0v) is 11.6. The van der Waals surface area contributed by atoms with E-state index in [2.05, 4.69) is 18.3 Å². The molecule has 20 heavy (non-hydrogen) atoms. The lowest BCUT2D eigenvalue weighted by atomic mass is 10.1. The molecule has 4 nitrogen and oxygen atoms in total. The SMILES string of the molecule is C[C@@H](NCc1ccc2c(c1)OCCCO2)c1ccco1. The Morgan fingerprint density at radius 2 is 2.00 bits per heavy atom. The molecule has 3 rings (SSSR count). The largest absolute Gasteiger partial charge is 0.490 e. The molecule has 106 valence electrons. The smallest absolute Gasteiger partial charge is 0.161 e. The van der Waals surface area contributed by atoms with E-state index in [-0.39, 0.29) is 6.04 Å². The number of furan rings is 1. The van der Waals surface area contributed by atoms with E-state index in [9.17, 15) is 0 Å². The fraction of sp³-hybridized carbons (Fsp3) is 0.375. The molecule has 1 atom stereocenters. The molecule has 1 aliphatic heterocycles. The topological polar surface area (TPSA) is 43.6 Å². The van der Waals surface area contributed by atoms with Crippen LogP contribution in [0.5, 0.6) is 11.5 Å². The van der Waals surface area contributed by atoms with Gasteiger partial charge in [-0.1, -0.05) is 6.07 Å². The summed E-state index contributed by atoms with van der Waals surface area (Å²) in [5, 5.41) is 3.43. The molecule has 0 saturated carbocycles. The summed E-state index contributed by atoms with van der Waals surface area (Å²) in [5.41, 5.74) is 1.17. The van der Waals surface area contributed by atoms with Crippen LogP contribution >= 0.6 is 0 Å². The number of fused-ring (bicyclic) bond motifs is 1. The first-order valence-corrected chi connectivity index (χ1v) is 6.98. The minimum Gasteiger partial charge on any atom is -0.490 e. The van der Waals surface area contributed by atoms with E-state index in [4.69, 9.17) is 13.9 Å². The van der Waals surface area contributed by atoms with Gasteiger partial charge in [0.25, 0.3) is 0 Å². The van der Waals surface area contributed by atoms with Crippen LogP contribution in [-0.4, -0.2) is 13.2 Å². The Labute approximate surface area is 118 Å². The molecule has 0 fully saturated rings. The molecule has 0 amide bonds. The average molecular weight is 273 g/mol. The van der Waals surface area contributed by atoms with Crippen LogP contribution in [0.15, 0.2) is 41.0 Å². The summed E-state index contributed by atoms with van der Waals surface area (Å²) < 4.78 is 16.7. The fourth-order valence-corrected chi connectivity index (χ4v) is 2.23. The number of ether oxygens (including phenoxy) is 2. The number of rotatable bonds is 4. The molecule has 1 aromatic carbocycles. The van der Waals surface area contributed by atoms with Crippen LogP contribution in [0.25, 0.3) is 0 Å². The third-order valence-corrected chi connectivity index (χ3v) is 3.39. The summed E-state index contributed by atoms with van der Waals surface area (Å²) >= 11 is 0. The van der Waals surface area contributed by atoms with Crippen molar-refractivity contribution in [3.8, 4) is 11.5 Å². The van der Waals surface area contributed by atoms with E-state index in [0.29, 0.717) is 6.61 Å². The lowest BCUT2D eigenvalue weighted by molar-refractivity contribution is 0.297. The van der Waals surface area contributed by atoms with Crippen molar-refractivity contribution in [3.05, 3.63) is 47.9 Å². The Morgan fingerprint density at radius 3 is 2.80 bits per heavy atom. The van der Waals surface area contributed by atoms with E-state index in [0.717, 1.165) is 36.8 Å². The van der Waals surface area contributed by atoms with E-state index in [1.54, 1.807) is 6.26 Å². The summed E-state index contributed by atoms with van der Waals surface area (Å²) in [6.07, 6.45) is 2.62. The first-order valence-electron chi connectivity index (χ1n) is 6.98. The summed E-state index contributed by atoms with van der Waals surface area (Å²) in [4.78, 5) is 0. The Hall–Kier alpha value is -1.94. The molecule has 0 unspecified atom stereocenters. The van der Waals surface area contributed by atoms with Crippen molar-refractivity contribution in [2.24, 2.45) is 0 Å². The standard InChI is InChI=1S/C16H19NO3/c1-12(14-4-2-7-18-14)17-11-13-5-6-15-16(10-13)20-9-3-8-19-15/h2,4-7,10,12,17H,3,8-9,11H2,1H3/t12-/m1/s1. The zero-order valence-electron chi connectivity index (χ0n) is 11.6. The van der Waals surface area contributed by atoms with Crippen LogP contribution in [0.2, 0.25) is 0 Å². The number of hydrogen-bond acceptors (Lipinski definition) is 4. The predicted octanol–water partition coefficient (Wildman–Crippen LogP) is 3.29. The van der Waals surface area contributed by atoms with E-state index < -0.39 is 0 Å². The molecule has 1 aromatic heterocycles. The van der Waals surface area contributed by atoms with Gasteiger partial charge in [-0.25, -0.2) is 0 Å². The number of benzene rings is 1. The molecule has 2 aromatic rings. The third-order valence-electron chi connectivity index (χ3n) is 3.39. The highest BCUT2D eigenvalue weighted by Gasteiger charge is 2.12. The van der Waals surface area contributed by atoms with E-state index in [1.807, 2.05) is 24.3 Å². The van der Waals surface area contributed by atoms with Gasteiger partial charge in [0.05, 0.1) is 25.5 Å². The van der Waals surface area contributed by atoms with Crippen LogP contribution in [0, 0.1) is 0 Å². The highest BCUT2D eigenvalue weighted by molar-refractivity contribution is 5.43. The van der Waals surface area contributed by atoms with E-state index >= 15 is 0 Å². The van der Waals surface area contributed by atoms with Crippen LogP contribution in [0.1, 0.15) is 30.7 Å². The van der Waals surface area contributed by atoms with Gasteiger partial charge in [-0.15, -0.1) is 0 Å². The van der Waals surface area contributed by atoms with Crippen molar-refractivity contribution in [2.75, 3.05) is 13.2 Å². The fourth-order valence-electron chi connectivity index (χ4n) is 2.23. The molecule has 1 N–H and O–H groups in total. The molecule has 2 heterocycles. The molecule has 0 saturated heterocycles. The van der Waals surface area contributed by atoms with Gasteiger partial charge in [0, 0.05) is 13.0 Å². The van der Waals surface area contributed by atoms with E-state index in [1.165, 1.54) is 5.56 Å². The van der Waals surface area contributed by atoms with Gasteiger partial charge >= 0.3 is 0 Å². The highest BCUT2D eigenvalue weighted by atomic mass is 16.5. The van der Waals surface area contributed by atoms with Gasteiger partial charge < -0.3 is 19.2 Å². The summed E-state index contributed by atoms with van der Waals surface area (Å²) in [5.74, 6) is 2.62. The normalized spacial score (nSPS) is 15.7. The second-order valence-electron chi connectivity index (χ2n) is 4.95. The van der Waals surface area contributed by atoms with Gasteiger partial charge in [-0.2, -0.15) is 0 Å². The number of nitrogens with one attached hydrogen (secondary N) is 1. The first-order chi connectivity index (χ1) is 9.83. The highest BCUT2D eigenvalue weighted by Crippen LogP contribution is 2.30. The van der Waals surface area contributed by atoms with Crippen LogP contribution < -0.4 is 14.8 Å². The Bertz CT molecular complexity index is 551. The quantitative estimate of drug-likeness (QED) is 0.928. The average Bonchev–Trinajstić information content (AvgIpc) is 2.90. The maximum atomic E-state index is 5.70. The third kappa shape index (κ3) is 2.96. The van der Waals surface area contributed by atoms with Crippen molar-refractivity contribution < 1.29 is 13.9 Å². The van der Waals surface area contributed by atoms with Gasteiger partial charge in [0.15, 0.2) is 11.5 Å². The summed E-state index contributed by atoms with van der Waals surface area (Å²) in [7, 11) is 0. The van der Waals surface area contributed by atoms with Crippen molar-refractivity contribution in [1.82, 2.24) is 5.32 Å². The maximum Gasteiger partial charge on any atom is 0.161 e. The van der Waals surface area contributed by atoms with Crippen LogP contribution in [0.4, 0.5) is 0 Å². The molecule has 0 aliphatic carbocycles. The minimum absolute atomic E-state index is 0.181. The molecule has 0 bridgehead atoms. The lowest BCUT2D eigenvalue weighted by Crippen LogP contribution is -2.17. The Balaban J connectivity index is 1.64. The van der Waals surface area contributed by atoms with Crippen LogP contribution in [-0.2, 0) is 6.54 Å². The second-order valence-corrected chi connectivity index (χ2v) is 4.95. The summed E-state index contributed by atoms with van der Waals surface area (Å²) in [6, 6.07) is 10.2.